The van der Waals surface area contributed by atoms with Crippen LogP contribution in [0.15, 0.2) is 30.3 Å². The molecule has 5 nitrogen and oxygen atoms in total. The van der Waals surface area contributed by atoms with Crippen LogP contribution >= 0.6 is 11.3 Å². The fraction of sp³-hybridized carbons (Fsp3) is 0.435. The second-order valence-corrected chi connectivity index (χ2v) is 8.88. The number of hydrogen-bond donors (Lipinski definition) is 2. The van der Waals surface area contributed by atoms with Crippen molar-refractivity contribution in [3.8, 4) is 0 Å². The second-order valence-electron chi connectivity index (χ2n) is 7.76. The molecule has 1 aromatic carbocycles. The summed E-state index contributed by atoms with van der Waals surface area (Å²) < 4.78 is 0. The topological polar surface area (TPSA) is 66.9 Å². The maximum absolute atomic E-state index is 12.5. The first-order valence-corrected chi connectivity index (χ1v) is 11.3. The zero-order valence-electron chi connectivity index (χ0n) is 17.1. The second kappa shape index (κ2) is 8.91. The molecule has 2 N–H and O–H groups in total. The summed E-state index contributed by atoms with van der Waals surface area (Å²) in [6, 6.07) is 10.4. The van der Waals surface area contributed by atoms with Crippen LogP contribution in [0.1, 0.15) is 65.7 Å². The van der Waals surface area contributed by atoms with Gasteiger partial charge in [-0.1, -0.05) is 38.3 Å². The molecule has 1 aliphatic rings. The van der Waals surface area contributed by atoms with E-state index in [1.165, 1.54) is 24.1 Å². The molecule has 0 bridgehead atoms. The Balaban J connectivity index is 1.41. The van der Waals surface area contributed by atoms with Crippen molar-refractivity contribution in [1.29, 1.82) is 0 Å². The Morgan fingerprint density at radius 2 is 1.90 bits per heavy atom. The molecule has 4 rings (SSSR count). The molecule has 0 aliphatic heterocycles. The fourth-order valence-corrected chi connectivity index (χ4v) is 4.88. The Labute approximate surface area is 176 Å². The van der Waals surface area contributed by atoms with Crippen LogP contribution in [-0.4, -0.2) is 21.9 Å². The molecule has 29 heavy (non-hydrogen) atoms. The van der Waals surface area contributed by atoms with Crippen LogP contribution in [0.3, 0.4) is 0 Å². The summed E-state index contributed by atoms with van der Waals surface area (Å²) in [6.45, 7) is 4.74. The standard InChI is InChI=1S/C23H28N4OS/c1-3-19-13-20-21(25-15(2)26-23(20)29-19)24-14-16-9-11-17(12-10-16)22(28)27-18-7-5-4-6-8-18/h9-13,18H,3-8,14H2,1-2H3,(H,27,28)(H,24,25,26). The normalized spacial score (nSPS) is 14.8. The number of nitrogens with one attached hydrogen (secondary N) is 2. The van der Waals surface area contributed by atoms with Gasteiger partial charge in [-0.15, -0.1) is 11.3 Å². The lowest BCUT2D eigenvalue weighted by molar-refractivity contribution is 0.0927. The van der Waals surface area contributed by atoms with Crippen LogP contribution in [0.5, 0.6) is 0 Å². The van der Waals surface area contributed by atoms with Crippen LogP contribution in [0, 0.1) is 6.92 Å². The molecule has 1 fully saturated rings. The van der Waals surface area contributed by atoms with Gasteiger partial charge in [0.2, 0.25) is 0 Å². The van der Waals surface area contributed by atoms with E-state index < -0.39 is 0 Å². The molecule has 0 radical (unpaired) electrons. The third-order valence-electron chi connectivity index (χ3n) is 5.52. The summed E-state index contributed by atoms with van der Waals surface area (Å²) in [5.41, 5.74) is 1.85. The van der Waals surface area contributed by atoms with Gasteiger partial charge in [0, 0.05) is 23.0 Å². The SMILES string of the molecule is CCc1cc2c(NCc3ccc(C(=O)NC4CCCCC4)cc3)nc(C)nc2s1. The quantitative estimate of drug-likeness (QED) is 0.585. The van der Waals surface area contributed by atoms with Gasteiger partial charge in [-0.3, -0.25) is 4.79 Å². The number of nitrogens with zero attached hydrogens (tertiary/aromatic N) is 2. The van der Waals surface area contributed by atoms with E-state index in [0.717, 1.165) is 52.2 Å². The molecule has 1 saturated carbocycles. The average Bonchev–Trinajstić information content (AvgIpc) is 3.16. The van der Waals surface area contributed by atoms with Crippen LogP contribution in [0.4, 0.5) is 5.82 Å². The van der Waals surface area contributed by atoms with Gasteiger partial charge in [0.1, 0.15) is 16.5 Å². The predicted octanol–water partition coefficient (Wildman–Crippen LogP) is 5.24. The highest BCUT2D eigenvalue weighted by atomic mass is 32.1. The lowest BCUT2D eigenvalue weighted by atomic mass is 9.95. The Bertz CT molecular complexity index is 990. The van der Waals surface area contributed by atoms with Gasteiger partial charge in [-0.05, 0) is 49.9 Å². The molecular formula is C23H28N4OS. The number of carbonyl (C=O) groups excluding carboxylic acids is 1. The highest BCUT2D eigenvalue weighted by Gasteiger charge is 2.16. The molecule has 3 aromatic rings. The van der Waals surface area contributed by atoms with Gasteiger partial charge < -0.3 is 10.6 Å². The molecule has 6 heteroatoms. The Morgan fingerprint density at radius 1 is 1.14 bits per heavy atom. The number of carbonyl (C=O) groups is 1. The largest absolute Gasteiger partial charge is 0.365 e. The summed E-state index contributed by atoms with van der Waals surface area (Å²) in [6.07, 6.45) is 6.93. The van der Waals surface area contributed by atoms with Crippen molar-refractivity contribution in [2.45, 2.75) is 65.0 Å². The van der Waals surface area contributed by atoms with E-state index in [2.05, 4.69) is 33.6 Å². The lowest BCUT2D eigenvalue weighted by Crippen LogP contribution is -2.36. The molecule has 0 spiro atoms. The van der Waals surface area contributed by atoms with E-state index in [4.69, 9.17) is 0 Å². The molecule has 1 amide bonds. The average molecular weight is 409 g/mol. The zero-order valence-corrected chi connectivity index (χ0v) is 17.9. The van der Waals surface area contributed by atoms with Crippen molar-refractivity contribution < 1.29 is 4.79 Å². The minimum atomic E-state index is 0.0370. The number of amides is 1. The molecule has 0 unspecified atom stereocenters. The van der Waals surface area contributed by atoms with Gasteiger partial charge >= 0.3 is 0 Å². The highest BCUT2D eigenvalue weighted by molar-refractivity contribution is 7.18. The molecule has 152 valence electrons. The first-order chi connectivity index (χ1) is 14.1. The Hall–Kier alpha value is -2.47. The van der Waals surface area contributed by atoms with Crippen molar-refractivity contribution in [3.05, 3.63) is 52.2 Å². The first-order valence-electron chi connectivity index (χ1n) is 10.5. The first kappa shape index (κ1) is 19.8. The van der Waals surface area contributed by atoms with Crippen molar-refractivity contribution in [2.24, 2.45) is 0 Å². The van der Waals surface area contributed by atoms with E-state index in [1.807, 2.05) is 31.2 Å². The molecule has 2 aromatic heterocycles. The minimum Gasteiger partial charge on any atom is -0.365 e. The highest BCUT2D eigenvalue weighted by Crippen LogP contribution is 2.29. The number of rotatable bonds is 6. The van der Waals surface area contributed by atoms with E-state index in [9.17, 15) is 4.79 Å². The molecule has 0 saturated heterocycles. The van der Waals surface area contributed by atoms with E-state index >= 15 is 0 Å². The fourth-order valence-electron chi connectivity index (χ4n) is 3.86. The van der Waals surface area contributed by atoms with Gasteiger partial charge in [-0.2, -0.15) is 0 Å². The lowest BCUT2D eigenvalue weighted by Gasteiger charge is -2.22. The number of aromatic nitrogens is 2. The van der Waals surface area contributed by atoms with Crippen molar-refractivity contribution in [1.82, 2.24) is 15.3 Å². The number of benzene rings is 1. The molecular weight excluding hydrogens is 380 g/mol. The molecule has 1 aliphatic carbocycles. The Kier molecular flexibility index (Phi) is 6.09. The Morgan fingerprint density at radius 3 is 2.62 bits per heavy atom. The maximum Gasteiger partial charge on any atom is 0.251 e. The van der Waals surface area contributed by atoms with Crippen LogP contribution < -0.4 is 10.6 Å². The van der Waals surface area contributed by atoms with Crippen molar-refractivity contribution in [2.75, 3.05) is 5.32 Å². The zero-order chi connectivity index (χ0) is 20.2. The van der Waals surface area contributed by atoms with Crippen LogP contribution in [0.2, 0.25) is 0 Å². The predicted molar refractivity (Wildman–Crippen MR) is 120 cm³/mol. The smallest absolute Gasteiger partial charge is 0.251 e. The van der Waals surface area contributed by atoms with Gasteiger partial charge in [0.25, 0.3) is 5.91 Å². The minimum absolute atomic E-state index is 0.0370. The van der Waals surface area contributed by atoms with Crippen LogP contribution in [-0.2, 0) is 13.0 Å². The summed E-state index contributed by atoms with van der Waals surface area (Å²) in [7, 11) is 0. The third kappa shape index (κ3) is 4.75. The van der Waals surface area contributed by atoms with Crippen molar-refractivity contribution in [3.63, 3.8) is 0 Å². The third-order valence-corrected chi connectivity index (χ3v) is 6.69. The molecule has 2 heterocycles. The monoisotopic (exact) mass is 408 g/mol. The number of fused-ring (bicyclic) bond motifs is 1. The summed E-state index contributed by atoms with van der Waals surface area (Å²) in [4.78, 5) is 24.0. The van der Waals surface area contributed by atoms with Gasteiger partial charge in [0.15, 0.2) is 0 Å². The van der Waals surface area contributed by atoms with Crippen LogP contribution in [0.25, 0.3) is 10.2 Å². The number of anilines is 1. The number of thiophene rings is 1. The summed E-state index contributed by atoms with van der Waals surface area (Å²) >= 11 is 1.73. The van der Waals surface area contributed by atoms with E-state index in [-0.39, 0.29) is 5.91 Å². The maximum atomic E-state index is 12.5. The van der Waals surface area contributed by atoms with E-state index in [1.54, 1.807) is 11.3 Å². The number of hydrogen-bond acceptors (Lipinski definition) is 5. The molecule has 0 atom stereocenters. The summed E-state index contributed by atoms with van der Waals surface area (Å²) in [5.74, 6) is 1.69. The van der Waals surface area contributed by atoms with Crippen molar-refractivity contribution >= 4 is 33.3 Å². The van der Waals surface area contributed by atoms with Gasteiger partial charge in [-0.25, -0.2) is 9.97 Å². The van der Waals surface area contributed by atoms with Gasteiger partial charge in [0.05, 0.1) is 5.39 Å². The number of aryl methyl sites for hydroxylation is 2. The summed E-state index contributed by atoms with van der Waals surface area (Å²) in [5, 5.41) is 7.71. The van der Waals surface area contributed by atoms with E-state index in [0.29, 0.717) is 12.6 Å².